The minimum Gasteiger partial charge on any atom is -0.490 e. The highest BCUT2D eigenvalue weighted by molar-refractivity contribution is 9.10. The number of fused-ring (bicyclic) bond motifs is 1. The molecule has 2 aromatic rings. The van der Waals surface area contributed by atoms with Gasteiger partial charge in [-0.05, 0) is 82.4 Å². The Bertz CT molecular complexity index is 1130. The van der Waals surface area contributed by atoms with Crippen LogP contribution in [0.2, 0.25) is 0 Å². The molecular weight excluding hydrogens is 504 g/mol. The molecule has 172 valence electrons. The molecule has 6 nitrogen and oxygen atoms in total. The van der Waals surface area contributed by atoms with E-state index in [0.29, 0.717) is 18.0 Å². The maximum Gasteiger partial charge on any atom is 0.294 e. The van der Waals surface area contributed by atoms with Crippen LogP contribution in [0.3, 0.4) is 0 Å². The highest BCUT2D eigenvalue weighted by atomic mass is 79.9. The van der Waals surface area contributed by atoms with Gasteiger partial charge in [0, 0.05) is 13.1 Å². The molecule has 0 N–H and O–H groups in total. The summed E-state index contributed by atoms with van der Waals surface area (Å²) in [5, 5.41) is -0.423. The van der Waals surface area contributed by atoms with Gasteiger partial charge in [-0.3, -0.25) is 19.3 Å². The molecule has 0 unspecified atom stereocenters. The molecule has 2 aliphatic heterocycles. The topological polar surface area (TPSA) is 66.9 Å². The predicted octanol–water partition coefficient (Wildman–Crippen LogP) is 5.25. The first-order chi connectivity index (χ1) is 15.9. The van der Waals surface area contributed by atoms with Gasteiger partial charge in [-0.1, -0.05) is 37.3 Å². The lowest BCUT2D eigenvalue weighted by molar-refractivity contribution is -0.136. The van der Waals surface area contributed by atoms with Crippen LogP contribution in [-0.2, 0) is 22.6 Å². The molecule has 1 fully saturated rings. The Morgan fingerprint density at radius 3 is 2.70 bits per heavy atom. The van der Waals surface area contributed by atoms with Gasteiger partial charge >= 0.3 is 0 Å². The monoisotopic (exact) mass is 528 g/mol. The van der Waals surface area contributed by atoms with Crippen LogP contribution < -0.4 is 4.74 Å². The third-order valence-electron chi connectivity index (χ3n) is 5.81. The Balaban J connectivity index is 1.43. The second-order valence-electron chi connectivity index (χ2n) is 8.13. The van der Waals surface area contributed by atoms with Gasteiger partial charge in [-0.25, -0.2) is 0 Å². The Morgan fingerprint density at radius 1 is 1.21 bits per heavy atom. The zero-order valence-electron chi connectivity index (χ0n) is 18.5. The van der Waals surface area contributed by atoms with Crippen molar-refractivity contribution in [3.8, 4) is 5.75 Å². The lowest BCUT2D eigenvalue weighted by Crippen LogP contribution is -2.44. The number of halogens is 1. The SMILES string of the molecule is CC[C@H](C)Oc1ccc(/C=C2\SC(=O)N(CC(=O)N3CCc4ccccc4C3)C2=O)cc1Br. The fraction of sp³-hybridized carbons (Fsp3) is 0.320. The van der Waals surface area contributed by atoms with Gasteiger partial charge in [-0.2, -0.15) is 0 Å². The molecule has 2 aliphatic rings. The number of imide groups is 1. The first-order valence-electron chi connectivity index (χ1n) is 10.9. The third kappa shape index (κ3) is 5.33. The second kappa shape index (κ2) is 10.1. The van der Waals surface area contributed by atoms with E-state index >= 15 is 0 Å². The second-order valence-corrected chi connectivity index (χ2v) is 9.98. The minimum atomic E-state index is -0.438. The molecule has 0 aromatic heterocycles. The number of nitrogens with zero attached hydrogens (tertiary/aromatic N) is 2. The van der Waals surface area contributed by atoms with E-state index in [2.05, 4.69) is 28.9 Å². The largest absolute Gasteiger partial charge is 0.490 e. The zero-order valence-corrected chi connectivity index (χ0v) is 20.9. The molecule has 1 atom stereocenters. The molecule has 3 amide bonds. The van der Waals surface area contributed by atoms with E-state index in [0.717, 1.165) is 50.9 Å². The number of amides is 3. The fourth-order valence-electron chi connectivity index (χ4n) is 3.73. The number of rotatable bonds is 6. The van der Waals surface area contributed by atoms with Gasteiger partial charge in [0.1, 0.15) is 12.3 Å². The van der Waals surface area contributed by atoms with Crippen molar-refractivity contribution in [3.05, 3.63) is 68.5 Å². The van der Waals surface area contributed by atoms with Gasteiger partial charge in [0.2, 0.25) is 5.91 Å². The molecule has 2 aromatic carbocycles. The quantitative estimate of drug-likeness (QED) is 0.479. The van der Waals surface area contributed by atoms with Crippen LogP contribution in [0.15, 0.2) is 51.8 Å². The Hall–Kier alpha value is -2.58. The van der Waals surface area contributed by atoms with Gasteiger partial charge in [0.25, 0.3) is 11.1 Å². The molecule has 33 heavy (non-hydrogen) atoms. The lowest BCUT2D eigenvalue weighted by Gasteiger charge is -2.29. The number of benzene rings is 2. The van der Waals surface area contributed by atoms with E-state index in [-0.39, 0.29) is 18.6 Å². The van der Waals surface area contributed by atoms with Crippen molar-refractivity contribution in [2.24, 2.45) is 0 Å². The van der Waals surface area contributed by atoms with Gasteiger partial charge in [0.15, 0.2) is 0 Å². The Morgan fingerprint density at radius 2 is 1.97 bits per heavy atom. The van der Waals surface area contributed by atoms with Crippen molar-refractivity contribution >= 4 is 50.8 Å². The molecular formula is C25H25BrN2O4S. The summed E-state index contributed by atoms with van der Waals surface area (Å²) in [6.07, 6.45) is 3.43. The first-order valence-corrected chi connectivity index (χ1v) is 12.5. The van der Waals surface area contributed by atoms with Crippen LogP contribution in [0, 0.1) is 0 Å². The van der Waals surface area contributed by atoms with Crippen LogP contribution in [-0.4, -0.2) is 46.0 Å². The van der Waals surface area contributed by atoms with Crippen molar-refractivity contribution in [3.63, 3.8) is 0 Å². The van der Waals surface area contributed by atoms with E-state index in [9.17, 15) is 14.4 Å². The summed E-state index contributed by atoms with van der Waals surface area (Å²) in [6, 6.07) is 13.6. The van der Waals surface area contributed by atoms with Crippen molar-refractivity contribution < 1.29 is 19.1 Å². The minimum absolute atomic E-state index is 0.0922. The van der Waals surface area contributed by atoms with E-state index in [4.69, 9.17) is 4.74 Å². The summed E-state index contributed by atoms with van der Waals surface area (Å²) in [4.78, 5) is 41.3. The van der Waals surface area contributed by atoms with E-state index in [1.165, 1.54) is 5.56 Å². The van der Waals surface area contributed by atoms with E-state index in [1.54, 1.807) is 11.0 Å². The van der Waals surface area contributed by atoms with E-state index in [1.807, 2.05) is 43.3 Å². The molecule has 0 spiro atoms. The average Bonchev–Trinajstić information content (AvgIpc) is 3.07. The van der Waals surface area contributed by atoms with Crippen LogP contribution in [0.4, 0.5) is 4.79 Å². The molecule has 8 heteroatoms. The van der Waals surface area contributed by atoms with Gasteiger partial charge in [-0.15, -0.1) is 0 Å². The smallest absolute Gasteiger partial charge is 0.294 e. The lowest BCUT2D eigenvalue weighted by atomic mass is 10.00. The highest BCUT2D eigenvalue weighted by Crippen LogP contribution is 2.34. The van der Waals surface area contributed by atoms with Crippen molar-refractivity contribution in [1.29, 1.82) is 0 Å². The summed E-state index contributed by atoms with van der Waals surface area (Å²) in [5.74, 6) is 0.0671. The highest BCUT2D eigenvalue weighted by Gasteiger charge is 2.37. The number of hydrogen-bond donors (Lipinski definition) is 0. The Kier molecular flexibility index (Phi) is 7.24. The number of ether oxygens (including phenoxy) is 1. The molecule has 0 saturated carbocycles. The summed E-state index contributed by atoms with van der Waals surface area (Å²) in [7, 11) is 0. The fourth-order valence-corrected chi connectivity index (χ4v) is 5.06. The Labute approximate surface area is 206 Å². The van der Waals surface area contributed by atoms with Crippen LogP contribution in [0.5, 0.6) is 5.75 Å². The van der Waals surface area contributed by atoms with Crippen LogP contribution >= 0.6 is 27.7 Å². The van der Waals surface area contributed by atoms with Gasteiger partial charge < -0.3 is 9.64 Å². The molecule has 4 rings (SSSR count). The summed E-state index contributed by atoms with van der Waals surface area (Å²) in [5.41, 5.74) is 3.11. The maximum atomic E-state index is 12.9. The average molecular weight is 529 g/mol. The maximum absolute atomic E-state index is 12.9. The predicted molar refractivity (Wildman–Crippen MR) is 133 cm³/mol. The summed E-state index contributed by atoms with van der Waals surface area (Å²) < 4.78 is 6.63. The van der Waals surface area contributed by atoms with Crippen molar-refractivity contribution in [2.45, 2.75) is 39.3 Å². The third-order valence-corrected chi connectivity index (χ3v) is 7.33. The summed E-state index contributed by atoms with van der Waals surface area (Å²) >= 11 is 4.37. The number of thioether (sulfide) groups is 1. The molecule has 0 bridgehead atoms. The summed E-state index contributed by atoms with van der Waals surface area (Å²) in [6.45, 7) is 4.90. The molecule has 1 saturated heterocycles. The van der Waals surface area contributed by atoms with Crippen LogP contribution in [0.1, 0.15) is 37.0 Å². The number of hydrogen-bond acceptors (Lipinski definition) is 5. The molecule has 0 aliphatic carbocycles. The standard InChI is InChI=1S/C25H25BrN2O4S/c1-3-16(2)32-21-9-8-17(12-20(21)26)13-22-24(30)28(25(31)33-22)15-23(29)27-11-10-18-6-4-5-7-19(18)14-27/h4-9,12-13,16H,3,10-11,14-15H2,1-2H3/b22-13-/t16-/m0/s1. The van der Waals surface area contributed by atoms with Crippen molar-refractivity contribution in [1.82, 2.24) is 9.80 Å². The van der Waals surface area contributed by atoms with Crippen molar-refractivity contribution in [2.75, 3.05) is 13.1 Å². The first kappa shape index (κ1) is 23.6. The normalized spacial score (nSPS) is 18.0. The molecule has 0 radical (unpaired) electrons. The zero-order chi connectivity index (χ0) is 23.5. The number of carbonyl (C=O) groups excluding carboxylic acids is 3. The van der Waals surface area contributed by atoms with Gasteiger partial charge in [0.05, 0.1) is 15.5 Å². The number of carbonyl (C=O) groups is 3. The molecule has 2 heterocycles. The van der Waals surface area contributed by atoms with E-state index < -0.39 is 11.1 Å². The van der Waals surface area contributed by atoms with Crippen LogP contribution in [0.25, 0.3) is 6.08 Å².